The minimum Gasteiger partial charge on any atom is -0.489 e. The monoisotopic (exact) mass is 350 g/mol. The molecule has 0 saturated heterocycles. The molecule has 0 fully saturated rings. The maximum Gasteiger partial charge on any atom is 0.258 e. The Morgan fingerprint density at radius 1 is 1.23 bits per heavy atom. The highest BCUT2D eigenvalue weighted by molar-refractivity contribution is 5.68. The van der Waals surface area contributed by atoms with E-state index in [-0.39, 0.29) is 12.1 Å². The number of nitrogens with zero attached hydrogens (tertiary/aromatic N) is 2. The first kappa shape index (κ1) is 16.6. The second-order valence-electron chi connectivity index (χ2n) is 6.86. The fourth-order valence-corrected chi connectivity index (χ4v) is 3.39. The number of hydrogen-bond donors (Lipinski definition) is 2. The van der Waals surface area contributed by atoms with Gasteiger partial charge in [0, 0.05) is 17.2 Å². The first-order chi connectivity index (χ1) is 12.5. The van der Waals surface area contributed by atoms with Gasteiger partial charge in [0.2, 0.25) is 5.82 Å². The van der Waals surface area contributed by atoms with Crippen LogP contribution in [0.5, 0.6) is 5.75 Å². The van der Waals surface area contributed by atoms with Gasteiger partial charge in [-0.15, -0.1) is 0 Å². The molecule has 0 aliphatic heterocycles. The highest BCUT2D eigenvalue weighted by Gasteiger charge is 2.24. The van der Waals surface area contributed by atoms with Crippen molar-refractivity contribution in [3.63, 3.8) is 0 Å². The summed E-state index contributed by atoms with van der Waals surface area (Å²) in [6.45, 7) is 3.92. The summed E-state index contributed by atoms with van der Waals surface area (Å²) in [7, 11) is 0. The van der Waals surface area contributed by atoms with Crippen LogP contribution in [0.15, 0.2) is 40.9 Å². The van der Waals surface area contributed by atoms with E-state index in [2.05, 4.69) is 16.2 Å². The van der Waals surface area contributed by atoms with E-state index in [4.69, 9.17) is 20.7 Å². The molecule has 1 aliphatic rings. The normalized spacial score (nSPS) is 16.1. The Hall–Kier alpha value is -2.86. The predicted octanol–water partition coefficient (Wildman–Crippen LogP) is 3.72. The molecule has 0 bridgehead atoms. The Balaban J connectivity index is 1.67. The van der Waals surface area contributed by atoms with Gasteiger partial charge in [-0.3, -0.25) is 0 Å². The quantitative estimate of drug-likeness (QED) is 0.696. The van der Waals surface area contributed by atoms with Crippen molar-refractivity contribution in [3.05, 3.63) is 47.5 Å². The van der Waals surface area contributed by atoms with E-state index in [1.807, 2.05) is 38.1 Å². The number of nitrogens with two attached hydrogens (primary N) is 2. The molecule has 134 valence electrons. The van der Waals surface area contributed by atoms with Gasteiger partial charge >= 0.3 is 0 Å². The van der Waals surface area contributed by atoms with Gasteiger partial charge in [-0.05, 0) is 56.0 Å². The van der Waals surface area contributed by atoms with E-state index in [0.29, 0.717) is 23.2 Å². The Morgan fingerprint density at radius 2 is 2.08 bits per heavy atom. The zero-order chi connectivity index (χ0) is 18.3. The molecule has 0 radical (unpaired) electrons. The molecule has 4 rings (SSSR count). The molecule has 4 N–H and O–H groups in total. The number of benzene rings is 2. The number of rotatable bonds is 4. The standard InChI is InChI=1S/C20H22N4O2/c1-11(2)25-18-9-6-12(10-17(18)22)20-23-19(24-26-20)15-5-3-4-14-13(15)7-8-16(14)21/h3-6,9-11,16H,7-8,21-22H2,1-2H3/t16-/m1/s1. The lowest BCUT2D eigenvalue weighted by atomic mass is 10.0. The summed E-state index contributed by atoms with van der Waals surface area (Å²) in [4.78, 5) is 4.57. The van der Waals surface area contributed by atoms with Crippen molar-refractivity contribution in [2.24, 2.45) is 5.73 Å². The third-order valence-electron chi connectivity index (χ3n) is 4.60. The predicted molar refractivity (Wildman–Crippen MR) is 101 cm³/mol. The Bertz CT molecular complexity index is 949. The van der Waals surface area contributed by atoms with Crippen LogP contribution in [0.1, 0.15) is 37.4 Å². The van der Waals surface area contributed by atoms with E-state index < -0.39 is 0 Å². The van der Waals surface area contributed by atoms with Crippen LogP contribution in [0.4, 0.5) is 5.69 Å². The molecule has 1 heterocycles. The smallest absolute Gasteiger partial charge is 0.258 e. The van der Waals surface area contributed by atoms with Gasteiger partial charge in [-0.1, -0.05) is 23.4 Å². The summed E-state index contributed by atoms with van der Waals surface area (Å²) in [6, 6.07) is 11.7. The highest BCUT2D eigenvalue weighted by atomic mass is 16.5. The van der Waals surface area contributed by atoms with E-state index in [1.54, 1.807) is 6.07 Å². The van der Waals surface area contributed by atoms with Crippen molar-refractivity contribution in [1.82, 2.24) is 10.1 Å². The molecule has 1 aliphatic carbocycles. The van der Waals surface area contributed by atoms with E-state index in [0.717, 1.165) is 24.0 Å². The van der Waals surface area contributed by atoms with Crippen LogP contribution < -0.4 is 16.2 Å². The number of hydrogen-bond acceptors (Lipinski definition) is 6. The van der Waals surface area contributed by atoms with Crippen molar-refractivity contribution in [3.8, 4) is 28.6 Å². The molecule has 6 nitrogen and oxygen atoms in total. The maximum atomic E-state index is 6.16. The van der Waals surface area contributed by atoms with Crippen LogP contribution in [-0.2, 0) is 6.42 Å². The van der Waals surface area contributed by atoms with Crippen molar-refractivity contribution in [1.29, 1.82) is 0 Å². The first-order valence-corrected chi connectivity index (χ1v) is 8.81. The second kappa shape index (κ2) is 6.46. The Kier molecular flexibility index (Phi) is 4.12. The number of nitrogen functional groups attached to an aromatic ring is 1. The average Bonchev–Trinajstić information content (AvgIpc) is 3.24. The van der Waals surface area contributed by atoms with Gasteiger partial charge < -0.3 is 20.7 Å². The molecule has 1 aromatic heterocycles. The summed E-state index contributed by atoms with van der Waals surface area (Å²) in [5, 5.41) is 4.17. The first-order valence-electron chi connectivity index (χ1n) is 8.81. The molecule has 6 heteroatoms. The highest BCUT2D eigenvalue weighted by Crippen LogP contribution is 2.36. The zero-order valence-corrected chi connectivity index (χ0v) is 14.9. The Labute approximate surface area is 152 Å². The SMILES string of the molecule is CC(C)Oc1ccc(-c2nc(-c3cccc4c3CC[C@H]4N)no2)cc1N. The number of fused-ring (bicyclic) bond motifs is 1. The summed E-state index contributed by atoms with van der Waals surface area (Å²) in [5.41, 5.74) is 16.9. The van der Waals surface area contributed by atoms with Gasteiger partial charge in [-0.2, -0.15) is 4.98 Å². The molecular weight excluding hydrogens is 328 g/mol. The van der Waals surface area contributed by atoms with Crippen LogP contribution >= 0.6 is 0 Å². The zero-order valence-electron chi connectivity index (χ0n) is 14.9. The minimum atomic E-state index is 0.0599. The number of ether oxygens (including phenoxy) is 1. The van der Waals surface area contributed by atoms with Gasteiger partial charge in [-0.25, -0.2) is 0 Å². The Morgan fingerprint density at radius 3 is 2.85 bits per heavy atom. The van der Waals surface area contributed by atoms with Crippen LogP contribution in [0.3, 0.4) is 0 Å². The van der Waals surface area contributed by atoms with Crippen molar-refractivity contribution in [2.45, 2.75) is 38.8 Å². The fourth-order valence-electron chi connectivity index (χ4n) is 3.39. The van der Waals surface area contributed by atoms with Crippen LogP contribution in [0.2, 0.25) is 0 Å². The fraction of sp³-hybridized carbons (Fsp3) is 0.300. The van der Waals surface area contributed by atoms with Crippen LogP contribution in [0.25, 0.3) is 22.8 Å². The average molecular weight is 350 g/mol. The molecule has 0 amide bonds. The molecule has 0 spiro atoms. The van der Waals surface area contributed by atoms with Crippen molar-refractivity contribution < 1.29 is 9.26 Å². The molecule has 1 atom stereocenters. The van der Waals surface area contributed by atoms with Crippen LogP contribution in [0, 0.1) is 0 Å². The lowest BCUT2D eigenvalue weighted by Gasteiger charge is -2.12. The topological polar surface area (TPSA) is 100 Å². The summed E-state index contributed by atoms with van der Waals surface area (Å²) in [5.74, 6) is 1.66. The maximum absolute atomic E-state index is 6.16. The lowest BCUT2D eigenvalue weighted by Crippen LogP contribution is -2.07. The van der Waals surface area contributed by atoms with Gasteiger partial charge in [0.15, 0.2) is 0 Å². The number of anilines is 1. The van der Waals surface area contributed by atoms with E-state index in [1.165, 1.54) is 11.1 Å². The van der Waals surface area contributed by atoms with Crippen LogP contribution in [-0.4, -0.2) is 16.2 Å². The number of aromatic nitrogens is 2. The van der Waals surface area contributed by atoms with Gasteiger partial charge in [0.05, 0.1) is 11.8 Å². The van der Waals surface area contributed by atoms with Gasteiger partial charge in [0.1, 0.15) is 5.75 Å². The molecular formula is C20H22N4O2. The van der Waals surface area contributed by atoms with E-state index >= 15 is 0 Å². The summed E-state index contributed by atoms with van der Waals surface area (Å²) >= 11 is 0. The third kappa shape index (κ3) is 2.93. The second-order valence-corrected chi connectivity index (χ2v) is 6.86. The minimum absolute atomic E-state index is 0.0599. The van der Waals surface area contributed by atoms with Crippen molar-refractivity contribution in [2.75, 3.05) is 5.73 Å². The molecule has 2 aromatic carbocycles. The van der Waals surface area contributed by atoms with E-state index in [9.17, 15) is 0 Å². The lowest BCUT2D eigenvalue weighted by molar-refractivity contribution is 0.244. The molecule has 3 aromatic rings. The van der Waals surface area contributed by atoms with Gasteiger partial charge in [0.25, 0.3) is 5.89 Å². The van der Waals surface area contributed by atoms with Crippen molar-refractivity contribution >= 4 is 5.69 Å². The molecule has 0 saturated carbocycles. The molecule has 26 heavy (non-hydrogen) atoms. The third-order valence-corrected chi connectivity index (χ3v) is 4.60. The summed E-state index contributed by atoms with van der Waals surface area (Å²) < 4.78 is 11.1. The largest absolute Gasteiger partial charge is 0.489 e. The molecule has 0 unspecified atom stereocenters. The summed E-state index contributed by atoms with van der Waals surface area (Å²) in [6.07, 6.45) is 1.94.